The molecule has 0 aliphatic carbocycles. The van der Waals surface area contributed by atoms with Gasteiger partial charge in [0.05, 0.1) is 6.61 Å². The van der Waals surface area contributed by atoms with Gasteiger partial charge in [-0.05, 0) is 51.6 Å². The van der Waals surface area contributed by atoms with E-state index in [1.807, 2.05) is 24.3 Å². The largest absolute Gasteiger partial charge is 0.464 e. The van der Waals surface area contributed by atoms with E-state index in [0.29, 0.717) is 6.42 Å². The lowest BCUT2D eigenvalue weighted by molar-refractivity contribution is -0.145. The molecule has 8 heteroatoms. The van der Waals surface area contributed by atoms with Crippen molar-refractivity contribution >= 4 is 19.2 Å². The van der Waals surface area contributed by atoms with Crippen LogP contribution in [0.4, 0.5) is 4.79 Å². The zero-order chi connectivity index (χ0) is 19.7. The lowest BCUT2D eigenvalue weighted by Gasteiger charge is -2.23. The molecule has 0 spiro atoms. The zero-order valence-corrected chi connectivity index (χ0v) is 15.8. The molecule has 0 saturated heterocycles. The van der Waals surface area contributed by atoms with Gasteiger partial charge in [-0.25, -0.2) is 9.59 Å². The van der Waals surface area contributed by atoms with E-state index < -0.39 is 30.8 Å². The van der Waals surface area contributed by atoms with Gasteiger partial charge in [-0.1, -0.05) is 24.3 Å². The van der Waals surface area contributed by atoms with E-state index >= 15 is 0 Å². The van der Waals surface area contributed by atoms with Crippen LogP contribution in [0.25, 0.3) is 0 Å². The van der Waals surface area contributed by atoms with Crippen molar-refractivity contribution in [3.63, 3.8) is 0 Å². The van der Waals surface area contributed by atoms with Gasteiger partial charge in [-0.2, -0.15) is 0 Å². The van der Waals surface area contributed by atoms with Crippen molar-refractivity contribution < 1.29 is 29.1 Å². The van der Waals surface area contributed by atoms with Gasteiger partial charge in [0.2, 0.25) is 0 Å². The summed E-state index contributed by atoms with van der Waals surface area (Å²) in [6.45, 7) is 7.15. The molecule has 26 heavy (non-hydrogen) atoms. The van der Waals surface area contributed by atoms with Crippen molar-refractivity contribution in [2.24, 2.45) is 0 Å². The average Bonchev–Trinajstić information content (AvgIpc) is 2.52. The highest BCUT2D eigenvalue weighted by molar-refractivity contribution is 6.40. The summed E-state index contributed by atoms with van der Waals surface area (Å²) in [5, 5.41) is 20.4. The van der Waals surface area contributed by atoms with Crippen molar-refractivity contribution in [2.75, 3.05) is 6.61 Å². The molecule has 3 N–H and O–H groups in total. The number of esters is 1. The molecule has 7 nitrogen and oxygen atoms in total. The van der Waals surface area contributed by atoms with Crippen molar-refractivity contribution in [2.45, 2.75) is 58.5 Å². The monoisotopic (exact) mass is 365 g/mol. The second kappa shape index (κ2) is 10.2. The smallest absolute Gasteiger partial charge is 0.451 e. The van der Waals surface area contributed by atoms with E-state index in [-0.39, 0.29) is 19.3 Å². The van der Waals surface area contributed by atoms with Crippen LogP contribution in [0.5, 0.6) is 0 Å². The Bertz CT molecular complexity index is 582. The normalized spacial score (nSPS) is 12.2. The van der Waals surface area contributed by atoms with Crippen LogP contribution in [-0.2, 0) is 27.1 Å². The Hall–Kier alpha value is -2.06. The van der Waals surface area contributed by atoms with E-state index in [1.165, 1.54) is 0 Å². The minimum atomic E-state index is -1.33. The van der Waals surface area contributed by atoms with Crippen LogP contribution >= 0.6 is 0 Å². The first-order valence-corrected chi connectivity index (χ1v) is 8.71. The summed E-state index contributed by atoms with van der Waals surface area (Å²) in [7, 11) is -1.33. The molecule has 0 bridgehead atoms. The Morgan fingerprint density at radius 2 is 1.73 bits per heavy atom. The number of hydrogen-bond acceptors (Lipinski definition) is 6. The summed E-state index contributed by atoms with van der Waals surface area (Å²) in [6.07, 6.45) is 0.380. The Balaban J connectivity index is 2.75. The van der Waals surface area contributed by atoms with Gasteiger partial charge in [-0.3, -0.25) is 0 Å². The molecule has 0 radical (unpaired) electrons. The van der Waals surface area contributed by atoms with Crippen LogP contribution in [0.1, 0.15) is 38.8 Å². The van der Waals surface area contributed by atoms with E-state index in [0.717, 1.165) is 11.1 Å². The maximum absolute atomic E-state index is 12.1. The highest BCUT2D eigenvalue weighted by Gasteiger charge is 2.25. The topological polar surface area (TPSA) is 105 Å². The summed E-state index contributed by atoms with van der Waals surface area (Å²) < 4.78 is 10.2. The van der Waals surface area contributed by atoms with E-state index in [1.54, 1.807) is 27.7 Å². The summed E-state index contributed by atoms with van der Waals surface area (Å²) in [5.41, 5.74) is 1.13. The average molecular weight is 365 g/mol. The maximum Gasteiger partial charge on any atom is 0.451 e. The first-order valence-electron chi connectivity index (χ1n) is 8.71. The molecule has 0 aliphatic rings. The quantitative estimate of drug-likeness (QED) is 0.478. The van der Waals surface area contributed by atoms with Gasteiger partial charge >= 0.3 is 19.2 Å². The molecule has 144 valence electrons. The molecular formula is C18H28BNO6. The van der Waals surface area contributed by atoms with Gasteiger partial charge in [-0.15, -0.1) is 0 Å². The van der Waals surface area contributed by atoms with Crippen molar-refractivity contribution in [3.8, 4) is 0 Å². The number of amides is 1. The molecule has 1 amide bonds. The molecule has 0 aliphatic heterocycles. The van der Waals surface area contributed by atoms with Gasteiger partial charge in [0.15, 0.2) is 0 Å². The van der Waals surface area contributed by atoms with Crippen LogP contribution < -0.4 is 5.32 Å². The molecule has 1 aromatic carbocycles. The van der Waals surface area contributed by atoms with Gasteiger partial charge < -0.3 is 24.8 Å². The number of alkyl carbamates (subject to hydrolysis) is 1. The molecular weight excluding hydrogens is 337 g/mol. The first-order chi connectivity index (χ1) is 12.1. The van der Waals surface area contributed by atoms with E-state index in [9.17, 15) is 9.59 Å². The standard InChI is InChI=1S/C18H28BNO6/c1-5-25-16(21)15(20-17(22)26-18(2,3)4)12-14-8-6-13(7-9-14)10-11-19(23)24/h6-9,15,23-24H,5,10-12H2,1-4H3,(H,20,22)/t15-/m0/s1. The maximum atomic E-state index is 12.1. The minimum Gasteiger partial charge on any atom is -0.464 e. The van der Waals surface area contributed by atoms with Crippen molar-refractivity contribution in [1.82, 2.24) is 5.32 Å². The lowest BCUT2D eigenvalue weighted by Crippen LogP contribution is -2.45. The second-order valence-electron chi connectivity index (χ2n) is 6.99. The lowest BCUT2D eigenvalue weighted by atomic mass is 9.82. The van der Waals surface area contributed by atoms with Gasteiger partial charge in [0.1, 0.15) is 11.6 Å². The molecule has 1 rings (SSSR count). The Morgan fingerprint density at radius 3 is 2.23 bits per heavy atom. The number of carbonyl (C=O) groups is 2. The first kappa shape index (κ1) is 22.0. The molecule has 0 aromatic heterocycles. The van der Waals surface area contributed by atoms with Crippen molar-refractivity contribution in [1.29, 1.82) is 0 Å². The predicted molar refractivity (Wildman–Crippen MR) is 98.6 cm³/mol. The van der Waals surface area contributed by atoms with Gasteiger partial charge in [0.25, 0.3) is 0 Å². The number of rotatable bonds is 8. The highest BCUT2D eigenvalue weighted by Crippen LogP contribution is 2.12. The summed E-state index contributed by atoms with van der Waals surface area (Å²) in [5.74, 6) is -0.522. The predicted octanol–water partition coefficient (Wildman–Crippen LogP) is 1.70. The molecule has 0 saturated carbocycles. The summed E-state index contributed by atoms with van der Waals surface area (Å²) in [6, 6.07) is 6.53. The highest BCUT2D eigenvalue weighted by atomic mass is 16.6. The molecule has 1 atom stereocenters. The number of carbonyl (C=O) groups excluding carboxylic acids is 2. The van der Waals surface area contributed by atoms with E-state index in [2.05, 4.69) is 5.32 Å². The summed E-state index contributed by atoms with van der Waals surface area (Å²) in [4.78, 5) is 24.1. The third-order valence-corrected chi connectivity index (χ3v) is 3.42. The number of ether oxygens (including phenoxy) is 2. The van der Waals surface area contributed by atoms with Crippen LogP contribution in [0.15, 0.2) is 24.3 Å². The van der Waals surface area contributed by atoms with Gasteiger partial charge in [0, 0.05) is 6.42 Å². The van der Waals surface area contributed by atoms with Crippen molar-refractivity contribution in [3.05, 3.63) is 35.4 Å². The molecule has 1 aromatic rings. The van der Waals surface area contributed by atoms with Crippen LogP contribution in [0.2, 0.25) is 6.32 Å². The van der Waals surface area contributed by atoms with E-state index in [4.69, 9.17) is 19.5 Å². The van der Waals surface area contributed by atoms with Crippen LogP contribution in [0, 0.1) is 0 Å². The fourth-order valence-corrected chi connectivity index (χ4v) is 2.26. The number of hydrogen-bond donors (Lipinski definition) is 3. The fraction of sp³-hybridized carbons (Fsp3) is 0.556. The zero-order valence-electron chi connectivity index (χ0n) is 15.8. The molecule has 0 heterocycles. The Morgan fingerprint density at radius 1 is 1.15 bits per heavy atom. The molecule has 0 unspecified atom stereocenters. The minimum absolute atomic E-state index is 0.216. The second-order valence-corrected chi connectivity index (χ2v) is 6.99. The molecule has 0 fully saturated rings. The number of nitrogens with one attached hydrogen (secondary N) is 1. The Labute approximate surface area is 154 Å². The third-order valence-electron chi connectivity index (χ3n) is 3.42. The number of aryl methyl sites for hydroxylation is 1. The van der Waals surface area contributed by atoms with Crippen LogP contribution in [0.3, 0.4) is 0 Å². The summed E-state index contributed by atoms with van der Waals surface area (Å²) >= 11 is 0. The SMILES string of the molecule is CCOC(=O)[C@H](Cc1ccc(CCB(O)O)cc1)NC(=O)OC(C)(C)C. The third kappa shape index (κ3) is 8.87. The fourth-order valence-electron chi connectivity index (χ4n) is 2.26. The number of benzene rings is 1. The Kier molecular flexibility index (Phi) is 8.61. The van der Waals surface area contributed by atoms with Crippen LogP contribution in [-0.4, -0.2) is 47.5 Å².